The zero-order valence-corrected chi connectivity index (χ0v) is 12.9. The molecule has 0 atom stereocenters. The van der Waals surface area contributed by atoms with Crippen LogP contribution in [-0.2, 0) is 16.6 Å². The Balaban J connectivity index is 2.26. The van der Waals surface area contributed by atoms with Gasteiger partial charge in [0.15, 0.2) is 0 Å². The normalized spacial score (nSPS) is 11.8. The number of nitrogens with zero attached hydrogens (tertiary/aromatic N) is 3. The van der Waals surface area contributed by atoms with Crippen LogP contribution in [0.25, 0.3) is 0 Å². The monoisotopic (exact) mass is 312 g/mol. The van der Waals surface area contributed by atoms with Gasteiger partial charge in [-0.15, -0.1) is 11.3 Å². The van der Waals surface area contributed by atoms with E-state index in [-0.39, 0.29) is 4.90 Å². The summed E-state index contributed by atoms with van der Waals surface area (Å²) in [6, 6.07) is 3.83. The fourth-order valence-corrected chi connectivity index (χ4v) is 3.79. The lowest BCUT2D eigenvalue weighted by molar-refractivity contribution is 0.426. The number of nitrogens with one attached hydrogen (secondary N) is 1. The summed E-state index contributed by atoms with van der Waals surface area (Å²) in [5.41, 5.74) is 0. The van der Waals surface area contributed by atoms with Crippen LogP contribution in [0.4, 0.5) is 5.95 Å². The molecule has 0 aliphatic carbocycles. The summed E-state index contributed by atoms with van der Waals surface area (Å²) < 4.78 is 26.5. The summed E-state index contributed by atoms with van der Waals surface area (Å²) in [5, 5.41) is 4.69. The molecule has 0 spiro atoms. The van der Waals surface area contributed by atoms with E-state index in [1.165, 1.54) is 28.0 Å². The van der Waals surface area contributed by atoms with Crippen molar-refractivity contribution in [3.8, 4) is 0 Å². The van der Waals surface area contributed by atoms with Gasteiger partial charge in [-0.2, -0.15) is 4.31 Å². The molecular weight excluding hydrogens is 296 g/mol. The lowest BCUT2D eigenvalue weighted by atomic mass is 10.4. The summed E-state index contributed by atoms with van der Waals surface area (Å²) >= 11 is 1.54. The second kappa shape index (κ2) is 6.29. The molecule has 0 amide bonds. The number of hydrogen-bond acceptors (Lipinski definition) is 6. The van der Waals surface area contributed by atoms with Gasteiger partial charge in [0.05, 0.1) is 12.4 Å². The molecule has 0 saturated heterocycles. The molecular formula is C12H16N4O2S2. The van der Waals surface area contributed by atoms with E-state index in [2.05, 4.69) is 15.3 Å². The van der Waals surface area contributed by atoms with Gasteiger partial charge in [-0.05, 0) is 11.4 Å². The first kappa shape index (κ1) is 14.9. The SMILES string of the molecule is CCN(Cc1cccs1)S(=O)(=O)c1cnc(NC)nc1. The Labute approximate surface area is 122 Å². The summed E-state index contributed by atoms with van der Waals surface area (Å²) in [5.74, 6) is 0.394. The maximum Gasteiger partial charge on any atom is 0.246 e. The fourth-order valence-electron chi connectivity index (χ4n) is 1.67. The molecule has 0 aromatic carbocycles. The fraction of sp³-hybridized carbons (Fsp3) is 0.333. The second-order valence-corrected chi connectivity index (χ2v) is 6.97. The molecule has 0 bridgehead atoms. The van der Waals surface area contributed by atoms with Gasteiger partial charge in [0, 0.05) is 25.0 Å². The van der Waals surface area contributed by atoms with Crippen LogP contribution < -0.4 is 5.32 Å². The third-order valence-electron chi connectivity index (χ3n) is 2.75. The van der Waals surface area contributed by atoms with E-state index < -0.39 is 10.0 Å². The molecule has 8 heteroatoms. The Morgan fingerprint density at radius 1 is 1.35 bits per heavy atom. The van der Waals surface area contributed by atoms with Crippen molar-refractivity contribution in [3.63, 3.8) is 0 Å². The minimum absolute atomic E-state index is 0.106. The number of rotatable bonds is 6. The van der Waals surface area contributed by atoms with Gasteiger partial charge >= 0.3 is 0 Å². The minimum Gasteiger partial charge on any atom is -0.357 e. The molecule has 108 valence electrons. The number of aromatic nitrogens is 2. The average Bonchev–Trinajstić information content (AvgIpc) is 2.97. The van der Waals surface area contributed by atoms with E-state index in [0.29, 0.717) is 19.0 Å². The van der Waals surface area contributed by atoms with E-state index in [0.717, 1.165) is 4.88 Å². The average molecular weight is 312 g/mol. The summed E-state index contributed by atoms with van der Waals surface area (Å²) in [7, 11) is -1.89. The standard InChI is InChI=1S/C12H16N4O2S2/c1-3-16(9-10-5-4-6-19-10)20(17,18)11-7-14-12(13-2)15-8-11/h4-8H,3,9H2,1-2H3,(H,13,14,15). The van der Waals surface area contributed by atoms with Gasteiger partial charge < -0.3 is 5.32 Å². The molecule has 0 radical (unpaired) electrons. The third kappa shape index (κ3) is 3.14. The van der Waals surface area contributed by atoms with Crippen molar-refractivity contribution >= 4 is 27.3 Å². The van der Waals surface area contributed by atoms with Crippen molar-refractivity contribution in [3.05, 3.63) is 34.8 Å². The largest absolute Gasteiger partial charge is 0.357 e. The zero-order valence-electron chi connectivity index (χ0n) is 11.3. The molecule has 2 rings (SSSR count). The van der Waals surface area contributed by atoms with E-state index in [1.807, 2.05) is 24.4 Å². The van der Waals surface area contributed by atoms with Crippen molar-refractivity contribution in [2.45, 2.75) is 18.4 Å². The lowest BCUT2D eigenvalue weighted by Crippen LogP contribution is -2.30. The molecule has 0 aliphatic heterocycles. The van der Waals surface area contributed by atoms with Gasteiger partial charge in [0.2, 0.25) is 16.0 Å². The van der Waals surface area contributed by atoms with Gasteiger partial charge in [0.25, 0.3) is 0 Å². The smallest absolute Gasteiger partial charge is 0.246 e. The van der Waals surface area contributed by atoms with Crippen LogP contribution in [0.1, 0.15) is 11.8 Å². The van der Waals surface area contributed by atoms with E-state index >= 15 is 0 Å². The zero-order chi connectivity index (χ0) is 14.6. The van der Waals surface area contributed by atoms with Gasteiger partial charge in [-0.3, -0.25) is 0 Å². The van der Waals surface area contributed by atoms with Crippen LogP contribution in [0, 0.1) is 0 Å². The maximum absolute atomic E-state index is 12.5. The van der Waals surface area contributed by atoms with Gasteiger partial charge in [-0.1, -0.05) is 13.0 Å². The minimum atomic E-state index is -3.56. The van der Waals surface area contributed by atoms with Crippen LogP contribution in [0.3, 0.4) is 0 Å². The van der Waals surface area contributed by atoms with Crippen LogP contribution >= 0.6 is 11.3 Å². The van der Waals surface area contributed by atoms with Gasteiger partial charge in [0.1, 0.15) is 4.90 Å². The Morgan fingerprint density at radius 3 is 2.55 bits per heavy atom. The van der Waals surface area contributed by atoms with Crippen molar-refractivity contribution in [2.24, 2.45) is 0 Å². The highest BCUT2D eigenvalue weighted by Crippen LogP contribution is 2.19. The molecule has 6 nitrogen and oxygen atoms in total. The third-order valence-corrected chi connectivity index (χ3v) is 5.49. The molecule has 0 saturated carbocycles. The first-order valence-corrected chi connectivity index (χ1v) is 8.42. The number of hydrogen-bond donors (Lipinski definition) is 1. The molecule has 0 fully saturated rings. The Hall–Kier alpha value is -1.51. The first-order chi connectivity index (χ1) is 9.57. The predicted octanol–water partition coefficient (Wildman–Crippen LogP) is 1.79. The second-order valence-electron chi connectivity index (χ2n) is 4.00. The Kier molecular flexibility index (Phi) is 4.69. The molecule has 2 aromatic rings. The lowest BCUT2D eigenvalue weighted by Gasteiger charge is -2.19. The summed E-state index contributed by atoms with van der Waals surface area (Å²) in [6.45, 7) is 2.58. The van der Waals surface area contributed by atoms with Gasteiger partial charge in [-0.25, -0.2) is 18.4 Å². The molecule has 20 heavy (non-hydrogen) atoms. The molecule has 2 heterocycles. The first-order valence-electron chi connectivity index (χ1n) is 6.10. The van der Waals surface area contributed by atoms with Crippen LogP contribution in [0.2, 0.25) is 0 Å². The summed E-state index contributed by atoms with van der Waals surface area (Å²) in [4.78, 5) is 9.01. The van der Waals surface area contributed by atoms with E-state index in [4.69, 9.17) is 0 Å². The van der Waals surface area contributed by atoms with Crippen LogP contribution in [-0.4, -0.2) is 36.3 Å². The van der Waals surface area contributed by atoms with Crippen molar-refractivity contribution in [1.82, 2.24) is 14.3 Å². The highest BCUT2D eigenvalue weighted by Gasteiger charge is 2.24. The Bertz CT molecular complexity index is 639. The maximum atomic E-state index is 12.5. The number of sulfonamides is 1. The molecule has 2 aromatic heterocycles. The quantitative estimate of drug-likeness (QED) is 0.880. The molecule has 0 unspecified atom stereocenters. The van der Waals surface area contributed by atoms with Crippen molar-refractivity contribution in [1.29, 1.82) is 0 Å². The molecule has 1 N–H and O–H groups in total. The highest BCUT2D eigenvalue weighted by atomic mass is 32.2. The highest BCUT2D eigenvalue weighted by molar-refractivity contribution is 7.89. The predicted molar refractivity (Wildman–Crippen MR) is 79.2 cm³/mol. The van der Waals surface area contributed by atoms with E-state index in [1.54, 1.807) is 7.05 Å². The summed E-state index contributed by atoms with van der Waals surface area (Å²) in [6.07, 6.45) is 2.65. The van der Waals surface area contributed by atoms with E-state index in [9.17, 15) is 8.42 Å². The number of thiophene rings is 1. The topological polar surface area (TPSA) is 75.2 Å². The molecule has 0 aliphatic rings. The van der Waals surface area contributed by atoms with Crippen molar-refractivity contribution < 1.29 is 8.42 Å². The van der Waals surface area contributed by atoms with Crippen LogP contribution in [0.15, 0.2) is 34.8 Å². The van der Waals surface area contributed by atoms with Crippen molar-refractivity contribution in [2.75, 3.05) is 18.9 Å². The Morgan fingerprint density at radius 2 is 2.05 bits per heavy atom. The van der Waals surface area contributed by atoms with Crippen LogP contribution in [0.5, 0.6) is 0 Å². The number of anilines is 1.